The highest BCUT2D eigenvalue weighted by atomic mass is 35.5. The van der Waals surface area contributed by atoms with Crippen molar-refractivity contribution >= 4 is 23.5 Å². The molecule has 1 aliphatic heterocycles. The maximum atomic E-state index is 12.4. The summed E-state index contributed by atoms with van der Waals surface area (Å²) in [6.45, 7) is 2.91. The molecule has 1 amide bonds. The largest absolute Gasteiger partial charge is 0.481 e. The number of nitrogens with zero attached hydrogens (tertiary/aromatic N) is 1. The Hall–Kier alpha value is -1.55. The molecule has 108 valence electrons. The number of aliphatic carboxylic acids is 1. The van der Waals surface area contributed by atoms with Crippen molar-refractivity contribution in [3.05, 3.63) is 34.9 Å². The fourth-order valence-corrected chi connectivity index (χ4v) is 2.64. The highest BCUT2D eigenvalue weighted by Crippen LogP contribution is 2.24. The minimum Gasteiger partial charge on any atom is -0.481 e. The van der Waals surface area contributed by atoms with E-state index in [4.69, 9.17) is 16.7 Å². The minimum atomic E-state index is -0.761. The first-order valence-corrected chi connectivity index (χ1v) is 7.14. The molecule has 0 spiro atoms. The smallest absolute Gasteiger partial charge is 0.306 e. The number of hydrogen-bond donors (Lipinski definition) is 1. The van der Waals surface area contributed by atoms with Crippen LogP contribution in [0.3, 0.4) is 0 Å². The summed E-state index contributed by atoms with van der Waals surface area (Å²) in [4.78, 5) is 25.1. The molecule has 1 fully saturated rings. The highest BCUT2D eigenvalue weighted by Gasteiger charge is 2.29. The molecule has 20 heavy (non-hydrogen) atoms. The summed E-state index contributed by atoms with van der Waals surface area (Å²) in [6, 6.07) is 7.26. The van der Waals surface area contributed by atoms with Gasteiger partial charge < -0.3 is 10.0 Å². The van der Waals surface area contributed by atoms with Crippen molar-refractivity contribution in [2.24, 2.45) is 5.92 Å². The van der Waals surface area contributed by atoms with Crippen LogP contribution in [-0.4, -0.2) is 35.0 Å². The molecule has 1 aromatic rings. The Labute approximate surface area is 123 Å². The summed E-state index contributed by atoms with van der Waals surface area (Å²) in [6.07, 6.45) is 1.07. The molecular weight excluding hydrogens is 278 g/mol. The number of hydrogen-bond acceptors (Lipinski definition) is 2. The average molecular weight is 296 g/mol. The fraction of sp³-hybridized carbons (Fsp3) is 0.467. The SMILES string of the molecule is CC(C(=O)N1CCC(C(=O)O)CC1)c1ccc(Cl)cc1. The van der Waals surface area contributed by atoms with Gasteiger partial charge in [-0.15, -0.1) is 0 Å². The van der Waals surface area contributed by atoms with E-state index in [0.717, 1.165) is 5.56 Å². The molecule has 0 radical (unpaired) electrons. The second kappa shape index (κ2) is 6.27. The number of halogens is 1. The van der Waals surface area contributed by atoms with E-state index in [2.05, 4.69) is 0 Å². The molecule has 1 aromatic carbocycles. The van der Waals surface area contributed by atoms with Crippen LogP contribution in [0.2, 0.25) is 5.02 Å². The maximum absolute atomic E-state index is 12.4. The average Bonchev–Trinajstić information content (AvgIpc) is 2.46. The van der Waals surface area contributed by atoms with Crippen LogP contribution >= 0.6 is 11.6 Å². The van der Waals surface area contributed by atoms with Crippen LogP contribution in [-0.2, 0) is 9.59 Å². The number of likely N-dealkylation sites (tertiary alicyclic amines) is 1. The molecule has 5 heteroatoms. The Morgan fingerprint density at radius 1 is 1.25 bits per heavy atom. The quantitative estimate of drug-likeness (QED) is 0.933. The van der Waals surface area contributed by atoms with Gasteiger partial charge in [-0.05, 0) is 37.5 Å². The van der Waals surface area contributed by atoms with Gasteiger partial charge in [0.25, 0.3) is 0 Å². The van der Waals surface area contributed by atoms with Crippen molar-refractivity contribution < 1.29 is 14.7 Å². The number of carboxylic acids is 1. The van der Waals surface area contributed by atoms with Gasteiger partial charge in [0, 0.05) is 18.1 Å². The standard InChI is InChI=1S/C15H18ClNO3/c1-10(11-2-4-13(16)5-3-11)14(18)17-8-6-12(7-9-17)15(19)20/h2-5,10,12H,6-9H2,1H3,(H,19,20). The molecule has 1 atom stereocenters. The van der Waals surface area contributed by atoms with E-state index in [1.165, 1.54) is 0 Å². The lowest BCUT2D eigenvalue weighted by atomic mass is 9.94. The Balaban J connectivity index is 1.98. The lowest BCUT2D eigenvalue weighted by molar-refractivity contribution is -0.146. The first-order chi connectivity index (χ1) is 9.49. The first-order valence-electron chi connectivity index (χ1n) is 6.76. The number of carbonyl (C=O) groups excluding carboxylic acids is 1. The van der Waals surface area contributed by atoms with Crippen molar-refractivity contribution in [2.75, 3.05) is 13.1 Å². The van der Waals surface area contributed by atoms with Crippen molar-refractivity contribution in [1.29, 1.82) is 0 Å². The van der Waals surface area contributed by atoms with Crippen molar-refractivity contribution in [3.8, 4) is 0 Å². The molecule has 1 aliphatic rings. The molecule has 1 N–H and O–H groups in total. The van der Waals surface area contributed by atoms with Crippen LogP contribution in [0, 0.1) is 5.92 Å². The zero-order chi connectivity index (χ0) is 14.7. The van der Waals surface area contributed by atoms with Crippen LogP contribution in [0.25, 0.3) is 0 Å². The van der Waals surface area contributed by atoms with Gasteiger partial charge in [0.05, 0.1) is 11.8 Å². The van der Waals surface area contributed by atoms with Gasteiger partial charge in [0.1, 0.15) is 0 Å². The van der Waals surface area contributed by atoms with Gasteiger partial charge >= 0.3 is 5.97 Å². The third-order valence-electron chi connectivity index (χ3n) is 3.90. The van der Waals surface area contributed by atoms with Crippen LogP contribution in [0.15, 0.2) is 24.3 Å². The van der Waals surface area contributed by atoms with Crippen molar-refractivity contribution in [2.45, 2.75) is 25.7 Å². The lowest BCUT2D eigenvalue weighted by Gasteiger charge is -2.32. The van der Waals surface area contributed by atoms with E-state index in [0.29, 0.717) is 31.0 Å². The summed E-state index contributed by atoms with van der Waals surface area (Å²) >= 11 is 5.84. The van der Waals surface area contributed by atoms with Gasteiger partial charge in [-0.25, -0.2) is 0 Å². The Bertz CT molecular complexity index is 492. The maximum Gasteiger partial charge on any atom is 0.306 e. The minimum absolute atomic E-state index is 0.0520. The van der Waals surface area contributed by atoms with E-state index in [-0.39, 0.29) is 17.7 Å². The van der Waals surface area contributed by atoms with Gasteiger partial charge in [-0.1, -0.05) is 23.7 Å². The fourth-order valence-electron chi connectivity index (χ4n) is 2.51. The predicted molar refractivity (Wildman–Crippen MR) is 76.8 cm³/mol. The van der Waals surface area contributed by atoms with Crippen molar-refractivity contribution in [3.63, 3.8) is 0 Å². The third kappa shape index (κ3) is 3.31. The van der Waals surface area contributed by atoms with Gasteiger partial charge in [0.15, 0.2) is 0 Å². The van der Waals surface area contributed by atoms with E-state index in [9.17, 15) is 9.59 Å². The van der Waals surface area contributed by atoms with Crippen LogP contribution in [0.4, 0.5) is 0 Å². The van der Waals surface area contributed by atoms with E-state index in [1.54, 1.807) is 17.0 Å². The summed E-state index contributed by atoms with van der Waals surface area (Å²) in [5.74, 6) is -1.25. The molecule has 1 heterocycles. The number of benzene rings is 1. The summed E-state index contributed by atoms with van der Waals surface area (Å²) < 4.78 is 0. The summed E-state index contributed by atoms with van der Waals surface area (Å²) in [7, 11) is 0. The third-order valence-corrected chi connectivity index (χ3v) is 4.15. The van der Waals surface area contributed by atoms with E-state index in [1.807, 2.05) is 19.1 Å². The zero-order valence-corrected chi connectivity index (χ0v) is 12.1. The molecule has 0 saturated carbocycles. The Morgan fingerprint density at radius 3 is 2.30 bits per heavy atom. The van der Waals surface area contributed by atoms with Crippen LogP contribution < -0.4 is 0 Å². The van der Waals surface area contributed by atoms with Crippen LogP contribution in [0.5, 0.6) is 0 Å². The van der Waals surface area contributed by atoms with Gasteiger partial charge in [-0.3, -0.25) is 9.59 Å². The Morgan fingerprint density at radius 2 is 1.80 bits per heavy atom. The van der Waals surface area contributed by atoms with Gasteiger partial charge in [0.2, 0.25) is 5.91 Å². The molecule has 0 aliphatic carbocycles. The highest BCUT2D eigenvalue weighted by molar-refractivity contribution is 6.30. The van der Waals surface area contributed by atoms with E-state index < -0.39 is 5.97 Å². The van der Waals surface area contributed by atoms with Crippen molar-refractivity contribution in [1.82, 2.24) is 4.90 Å². The molecular formula is C15H18ClNO3. The molecule has 2 rings (SSSR count). The number of carboxylic acid groups (broad SMARTS) is 1. The normalized spacial score (nSPS) is 17.8. The molecule has 4 nitrogen and oxygen atoms in total. The summed E-state index contributed by atoms with van der Waals surface area (Å²) in [5.41, 5.74) is 0.930. The monoisotopic (exact) mass is 295 g/mol. The number of piperidine rings is 1. The number of carbonyl (C=O) groups is 2. The second-order valence-corrected chi connectivity index (χ2v) is 5.65. The number of amides is 1. The first kappa shape index (κ1) is 14.9. The molecule has 1 unspecified atom stereocenters. The van der Waals surface area contributed by atoms with Crippen LogP contribution in [0.1, 0.15) is 31.2 Å². The molecule has 1 saturated heterocycles. The molecule has 0 aromatic heterocycles. The Kier molecular flexibility index (Phi) is 4.65. The molecule has 0 bridgehead atoms. The predicted octanol–water partition coefficient (Wildman–Crippen LogP) is 2.77. The van der Waals surface area contributed by atoms with E-state index >= 15 is 0 Å². The topological polar surface area (TPSA) is 57.6 Å². The zero-order valence-electron chi connectivity index (χ0n) is 11.4. The summed E-state index contributed by atoms with van der Waals surface area (Å²) in [5, 5.41) is 9.61. The van der Waals surface area contributed by atoms with Gasteiger partial charge in [-0.2, -0.15) is 0 Å². The lowest BCUT2D eigenvalue weighted by Crippen LogP contribution is -2.42. The number of rotatable bonds is 3. The second-order valence-electron chi connectivity index (χ2n) is 5.21.